The summed E-state index contributed by atoms with van der Waals surface area (Å²) >= 11 is 0. The maximum Gasteiger partial charge on any atom is 0.116 e. The number of carbonyl (C=O) groups excluding carboxylic acids is 1. The average molecular weight is 196 g/mol. The first-order valence-electron chi connectivity index (χ1n) is 4.39. The topological polar surface area (TPSA) is 17.1 Å². The Morgan fingerprint density at radius 2 is 1.86 bits per heavy atom. The van der Waals surface area contributed by atoms with E-state index >= 15 is 0 Å². The lowest BCUT2D eigenvalue weighted by atomic mass is 10.3. The molecule has 0 aromatic carbocycles. The summed E-state index contributed by atoms with van der Waals surface area (Å²) in [6.07, 6.45) is 12.9. The Balaban J connectivity index is 0. The van der Waals surface area contributed by atoms with Gasteiger partial charge in [-0.2, -0.15) is 0 Å². The van der Waals surface area contributed by atoms with Crippen molar-refractivity contribution < 1.29 is 9.18 Å². The summed E-state index contributed by atoms with van der Waals surface area (Å²) in [6, 6.07) is 0. The highest BCUT2D eigenvalue weighted by Crippen LogP contribution is 1.94. The SMILES string of the molecule is C=C(F)/C=C\C=C/C/C=C/CC.C=O. The highest BCUT2D eigenvalue weighted by Gasteiger charge is 1.74. The van der Waals surface area contributed by atoms with Crippen LogP contribution >= 0.6 is 0 Å². The summed E-state index contributed by atoms with van der Waals surface area (Å²) in [4.78, 5) is 8.00. The molecule has 0 aliphatic carbocycles. The quantitative estimate of drug-likeness (QED) is 0.483. The zero-order valence-electron chi connectivity index (χ0n) is 8.58. The largest absolute Gasteiger partial charge is 0.307 e. The van der Waals surface area contributed by atoms with Gasteiger partial charge in [0.15, 0.2) is 0 Å². The Labute approximate surface area is 85.3 Å². The number of rotatable bonds is 5. The fourth-order valence-corrected chi connectivity index (χ4v) is 0.659. The molecule has 0 aliphatic rings. The van der Waals surface area contributed by atoms with Crippen LogP contribution in [0.15, 0.2) is 48.9 Å². The summed E-state index contributed by atoms with van der Waals surface area (Å²) in [5.74, 6) is -0.413. The molecule has 0 atom stereocenters. The molecule has 0 unspecified atom stereocenters. The van der Waals surface area contributed by atoms with Crippen molar-refractivity contribution in [1.82, 2.24) is 0 Å². The van der Waals surface area contributed by atoms with Crippen LogP contribution in [0, 0.1) is 0 Å². The van der Waals surface area contributed by atoms with E-state index in [0.717, 1.165) is 12.8 Å². The standard InChI is InChI=1S/C11H15F.CH2O/c1-3-4-5-6-7-8-9-10-11(2)12;1-2/h4-5,7-10H,2-3,6H2,1H3;1H2/b5-4+,8-7-,10-9-;. The minimum atomic E-state index is -0.413. The molecular weight excluding hydrogens is 179 g/mol. The van der Waals surface area contributed by atoms with Gasteiger partial charge < -0.3 is 4.79 Å². The van der Waals surface area contributed by atoms with Gasteiger partial charge in [0.2, 0.25) is 0 Å². The van der Waals surface area contributed by atoms with Gasteiger partial charge in [-0.15, -0.1) is 0 Å². The molecular formula is C12H17FO. The first-order chi connectivity index (χ1) is 6.77. The van der Waals surface area contributed by atoms with E-state index in [1.165, 1.54) is 6.08 Å². The van der Waals surface area contributed by atoms with Crippen LogP contribution in [-0.4, -0.2) is 6.79 Å². The third kappa shape index (κ3) is 16.9. The summed E-state index contributed by atoms with van der Waals surface area (Å²) in [5.41, 5.74) is 0. The summed E-state index contributed by atoms with van der Waals surface area (Å²) in [5, 5.41) is 0. The Morgan fingerprint density at radius 1 is 1.21 bits per heavy atom. The van der Waals surface area contributed by atoms with Crippen molar-refractivity contribution in [2.24, 2.45) is 0 Å². The van der Waals surface area contributed by atoms with E-state index in [-0.39, 0.29) is 0 Å². The van der Waals surface area contributed by atoms with Crippen molar-refractivity contribution in [2.75, 3.05) is 0 Å². The Morgan fingerprint density at radius 3 is 2.36 bits per heavy atom. The summed E-state index contributed by atoms with van der Waals surface area (Å²) < 4.78 is 12.0. The molecule has 2 heteroatoms. The Kier molecular flexibility index (Phi) is 15.2. The number of halogens is 1. The molecule has 0 rings (SSSR count). The molecule has 0 N–H and O–H groups in total. The molecule has 0 amide bonds. The van der Waals surface area contributed by atoms with Crippen LogP contribution in [0.1, 0.15) is 19.8 Å². The zero-order chi connectivity index (χ0) is 11.2. The molecule has 0 bridgehead atoms. The third-order valence-electron chi connectivity index (χ3n) is 1.20. The van der Waals surface area contributed by atoms with Crippen molar-refractivity contribution >= 4 is 6.79 Å². The van der Waals surface area contributed by atoms with Crippen molar-refractivity contribution in [2.45, 2.75) is 19.8 Å². The molecule has 0 saturated carbocycles. The molecule has 14 heavy (non-hydrogen) atoms. The van der Waals surface area contributed by atoms with Crippen LogP contribution in [0.2, 0.25) is 0 Å². The van der Waals surface area contributed by atoms with Crippen LogP contribution in [0.5, 0.6) is 0 Å². The van der Waals surface area contributed by atoms with Crippen LogP contribution in [0.25, 0.3) is 0 Å². The first-order valence-corrected chi connectivity index (χ1v) is 4.39. The molecule has 0 saturated heterocycles. The van der Waals surface area contributed by atoms with Gasteiger partial charge in [0.25, 0.3) is 0 Å². The Hall–Kier alpha value is -1.44. The molecule has 0 aromatic rings. The van der Waals surface area contributed by atoms with E-state index < -0.39 is 5.83 Å². The van der Waals surface area contributed by atoms with E-state index in [0.29, 0.717) is 0 Å². The normalized spacial score (nSPS) is 10.7. The monoisotopic (exact) mass is 196 g/mol. The van der Waals surface area contributed by atoms with Crippen LogP contribution in [-0.2, 0) is 4.79 Å². The first kappa shape index (κ1) is 15.1. The lowest BCUT2D eigenvalue weighted by Crippen LogP contribution is -1.59. The van der Waals surface area contributed by atoms with Crippen LogP contribution in [0.3, 0.4) is 0 Å². The summed E-state index contributed by atoms with van der Waals surface area (Å²) in [6.45, 7) is 7.19. The van der Waals surface area contributed by atoms with Crippen molar-refractivity contribution in [1.29, 1.82) is 0 Å². The van der Waals surface area contributed by atoms with E-state index in [4.69, 9.17) is 4.79 Å². The molecule has 0 radical (unpaired) electrons. The third-order valence-corrected chi connectivity index (χ3v) is 1.20. The number of allylic oxidation sites excluding steroid dienone is 7. The van der Waals surface area contributed by atoms with Gasteiger partial charge >= 0.3 is 0 Å². The second kappa shape index (κ2) is 14.1. The van der Waals surface area contributed by atoms with Gasteiger partial charge in [0.1, 0.15) is 12.6 Å². The average Bonchev–Trinajstić information content (AvgIpc) is 2.19. The second-order valence-electron chi connectivity index (χ2n) is 2.35. The predicted octanol–water partition coefficient (Wildman–Crippen LogP) is 3.75. The van der Waals surface area contributed by atoms with Crippen LogP contribution in [0.4, 0.5) is 4.39 Å². The minimum Gasteiger partial charge on any atom is -0.307 e. The van der Waals surface area contributed by atoms with Crippen molar-refractivity contribution in [3.8, 4) is 0 Å². The lowest BCUT2D eigenvalue weighted by Gasteiger charge is -1.80. The maximum atomic E-state index is 12.0. The fraction of sp³-hybridized carbons (Fsp3) is 0.250. The molecule has 0 heterocycles. The summed E-state index contributed by atoms with van der Waals surface area (Å²) in [7, 11) is 0. The van der Waals surface area contributed by atoms with Gasteiger partial charge in [-0.05, 0) is 18.9 Å². The fourth-order valence-electron chi connectivity index (χ4n) is 0.659. The zero-order valence-corrected chi connectivity index (χ0v) is 8.58. The highest BCUT2D eigenvalue weighted by molar-refractivity contribution is 5.14. The lowest BCUT2D eigenvalue weighted by molar-refractivity contribution is -0.0979. The molecule has 0 spiro atoms. The molecule has 0 aliphatic heterocycles. The maximum absolute atomic E-state index is 12.0. The molecule has 1 nitrogen and oxygen atoms in total. The molecule has 0 aromatic heterocycles. The van der Waals surface area contributed by atoms with Gasteiger partial charge in [-0.1, -0.05) is 43.9 Å². The van der Waals surface area contributed by atoms with E-state index in [1.54, 1.807) is 6.08 Å². The van der Waals surface area contributed by atoms with Crippen molar-refractivity contribution in [3.63, 3.8) is 0 Å². The molecule has 78 valence electrons. The molecule has 0 fully saturated rings. The Bertz CT molecular complexity index is 214. The number of carbonyl (C=O) groups is 1. The smallest absolute Gasteiger partial charge is 0.116 e. The van der Waals surface area contributed by atoms with Gasteiger partial charge in [0.05, 0.1) is 0 Å². The van der Waals surface area contributed by atoms with Gasteiger partial charge in [0, 0.05) is 0 Å². The van der Waals surface area contributed by atoms with E-state index in [9.17, 15) is 4.39 Å². The number of hydrogen-bond donors (Lipinski definition) is 0. The number of hydrogen-bond acceptors (Lipinski definition) is 1. The second-order valence-corrected chi connectivity index (χ2v) is 2.35. The minimum absolute atomic E-state index is 0.413. The predicted molar refractivity (Wildman–Crippen MR) is 59.7 cm³/mol. The van der Waals surface area contributed by atoms with Gasteiger partial charge in [-0.25, -0.2) is 4.39 Å². The van der Waals surface area contributed by atoms with E-state index in [1.807, 2.05) is 18.9 Å². The van der Waals surface area contributed by atoms with Crippen LogP contribution < -0.4 is 0 Å². The highest BCUT2D eigenvalue weighted by atomic mass is 19.1. The van der Waals surface area contributed by atoms with Crippen molar-refractivity contribution in [3.05, 3.63) is 48.9 Å². The van der Waals surface area contributed by atoms with E-state index in [2.05, 4.69) is 25.7 Å². The van der Waals surface area contributed by atoms with Gasteiger partial charge in [-0.3, -0.25) is 0 Å².